The molecule has 0 saturated carbocycles. The molecule has 6 nitrogen and oxygen atoms in total. The van der Waals surface area contributed by atoms with Crippen molar-refractivity contribution in [3.63, 3.8) is 0 Å². The van der Waals surface area contributed by atoms with Crippen LogP contribution in [0.5, 0.6) is 0 Å². The lowest BCUT2D eigenvalue weighted by molar-refractivity contribution is 0.580. The molecule has 0 unspecified atom stereocenters. The van der Waals surface area contributed by atoms with E-state index in [1.54, 1.807) is 0 Å². The first-order valence-electron chi connectivity index (χ1n) is 7.17. The summed E-state index contributed by atoms with van der Waals surface area (Å²) >= 11 is 0. The lowest BCUT2D eigenvalue weighted by Crippen LogP contribution is -2.21. The van der Waals surface area contributed by atoms with E-state index in [2.05, 4.69) is 53.6 Å². The molecule has 0 atom stereocenters. The summed E-state index contributed by atoms with van der Waals surface area (Å²) in [6, 6.07) is 4.53. The topological polar surface area (TPSA) is 60.0 Å². The highest BCUT2D eigenvalue weighted by Gasteiger charge is 2.06. The van der Waals surface area contributed by atoms with Crippen LogP contribution >= 0.6 is 0 Å². The predicted octanol–water partition coefficient (Wildman–Crippen LogP) is 1.78. The van der Waals surface area contributed by atoms with Gasteiger partial charge in [0.15, 0.2) is 0 Å². The van der Waals surface area contributed by atoms with Gasteiger partial charge < -0.3 is 9.72 Å². The van der Waals surface area contributed by atoms with Crippen molar-refractivity contribution in [2.45, 2.75) is 39.9 Å². The molecule has 3 aromatic rings. The first-order chi connectivity index (χ1) is 10.1. The van der Waals surface area contributed by atoms with Gasteiger partial charge in [-0.3, -0.25) is 0 Å². The minimum absolute atomic E-state index is 0.442. The number of aryl methyl sites for hydroxylation is 1. The number of nitrogens with zero attached hydrogens (tertiary/aromatic N) is 5. The molecule has 0 saturated heterocycles. The maximum Gasteiger partial charge on any atom is 0.137 e. The van der Waals surface area contributed by atoms with Crippen LogP contribution in [0.25, 0.3) is 5.65 Å². The monoisotopic (exact) mass is 284 g/mol. The van der Waals surface area contributed by atoms with E-state index in [4.69, 9.17) is 0 Å². The lowest BCUT2D eigenvalue weighted by atomic mass is 10.3. The zero-order chi connectivity index (χ0) is 14.8. The van der Waals surface area contributed by atoms with Crippen LogP contribution in [0.1, 0.15) is 30.8 Å². The van der Waals surface area contributed by atoms with Crippen LogP contribution in [0, 0.1) is 6.92 Å². The third-order valence-electron chi connectivity index (χ3n) is 3.25. The normalized spacial score (nSPS) is 11.6. The van der Waals surface area contributed by atoms with Crippen molar-refractivity contribution < 1.29 is 0 Å². The summed E-state index contributed by atoms with van der Waals surface area (Å²) in [4.78, 5) is 4.59. The Hall–Kier alpha value is -2.21. The fourth-order valence-electron chi connectivity index (χ4n) is 2.20. The molecule has 3 heterocycles. The Morgan fingerprint density at radius 3 is 2.81 bits per heavy atom. The van der Waals surface area contributed by atoms with E-state index in [1.807, 2.05) is 27.5 Å². The van der Waals surface area contributed by atoms with E-state index >= 15 is 0 Å². The van der Waals surface area contributed by atoms with E-state index < -0.39 is 0 Å². The van der Waals surface area contributed by atoms with Gasteiger partial charge in [0.25, 0.3) is 0 Å². The SMILES string of the molecule is Cc1ccc2nc(Cn3cc(CNC(C)C)nn3)cn2c1. The number of hydrogen-bond donors (Lipinski definition) is 1. The van der Waals surface area contributed by atoms with E-state index in [0.29, 0.717) is 12.6 Å². The molecule has 0 amide bonds. The van der Waals surface area contributed by atoms with Gasteiger partial charge in [-0.15, -0.1) is 5.10 Å². The zero-order valence-corrected chi connectivity index (χ0v) is 12.6. The zero-order valence-electron chi connectivity index (χ0n) is 12.6. The standard InChI is InChI=1S/C15H20N6/c1-11(2)16-6-13-9-21(19-18-13)10-14-8-20-7-12(3)4-5-15(20)17-14/h4-5,7-9,11,16H,6,10H2,1-3H3. The first-order valence-corrected chi connectivity index (χ1v) is 7.17. The van der Waals surface area contributed by atoms with Crippen LogP contribution in [0.3, 0.4) is 0 Å². The molecular weight excluding hydrogens is 264 g/mol. The van der Waals surface area contributed by atoms with Crippen molar-refractivity contribution in [3.05, 3.63) is 47.7 Å². The highest BCUT2D eigenvalue weighted by atomic mass is 15.4. The quantitative estimate of drug-likeness (QED) is 0.776. The molecule has 0 bridgehead atoms. The first kappa shape index (κ1) is 13.8. The second-order valence-corrected chi connectivity index (χ2v) is 5.65. The van der Waals surface area contributed by atoms with Crippen molar-refractivity contribution in [2.75, 3.05) is 0 Å². The Labute approximate surface area is 123 Å². The second-order valence-electron chi connectivity index (χ2n) is 5.65. The minimum atomic E-state index is 0.442. The maximum absolute atomic E-state index is 4.59. The van der Waals surface area contributed by atoms with Gasteiger partial charge in [-0.25, -0.2) is 9.67 Å². The summed E-state index contributed by atoms with van der Waals surface area (Å²) in [5.41, 5.74) is 4.10. The summed E-state index contributed by atoms with van der Waals surface area (Å²) in [5.74, 6) is 0. The maximum atomic E-state index is 4.59. The van der Waals surface area contributed by atoms with Crippen molar-refractivity contribution in [2.24, 2.45) is 0 Å². The van der Waals surface area contributed by atoms with Crippen LogP contribution in [0.2, 0.25) is 0 Å². The lowest BCUT2D eigenvalue weighted by Gasteiger charge is -2.03. The van der Waals surface area contributed by atoms with Crippen LogP contribution in [-0.4, -0.2) is 30.4 Å². The Morgan fingerprint density at radius 1 is 1.14 bits per heavy atom. The van der Waals surface area contributed by atoms with Crippen molar-refractivity contribution in [1.29, 1.82) is 0 Å². The Bertz CT molecular complexity index is 740. The van der Waals surface area contributed by atoms with Gasteiger partial charge in [0.1, 0.15) is 5.65 Å². The van der Waals surface area contributed by atoms with Crippen molar-refractivity contribution in [1.82, 2.24) is 29.7 Å². The van der Waals surface area contributed by atoms with Gasteiger partial charge in [-0.1, -0.05) is 25.1 Å². The van der Waals surface area contributed by atoms with E-state index in [-0.39, 0.29) is 0 Å². The smallest absolute Gasteiger partial charge is 0.137 e. The van der Waals surface area contributed by atoms with E-state index in [9.17, 15) is 0 Å². The van der Waals surface area contributed by atoms with Gasteiger partial charge in [-0.2, -0.15) is 0 Å². The highest BCUT2D eigenvalue weighted by molar-refractivity contribution is 5.41. The number of aromatic nitrogens is 5. The molecule has 110 valence electrons. The highest BCUT2D eigenvalue weighted by Crippen LogP contribution is 2.08. The molecule has 3 aromatic heterocycles. The predicted molar refractivity (Wildman–Crippen MR) is 81.0 cm³/mol. The van der Waals surface area contributed by atoms with E-state index in [1.165, 1.54) is 5.56 Å². The number of hydrogen-bond acceptors (Lipinski definition) is 4. The molecule has 0 aromatic carbocycles. The summed E-state index contributed by atoms with van der Waals surface area (Å²) in [7, 11) is 0. The van der Waals surface area contributed by atoms with Gasteiger partial charge in [0.2, 0.25) is 0 Å². The molecule has 0 aliphatic heterocycles. The average Bonchev–Trinajstić information content (AvgIpc) is 3.02. The van der Waals surface area contributed by atoms with Gasteiger partial charge in [0.05, 0.1) is 24.1 Å². The fraction of sp³-hybridized carbons (Fsp3) is 0.400. The molecule has 1 N–H and O–H groups in total. The summed E-state index contributed by atoms with van der Waals surface area (Å²) in [6.07, 6.45) is 6.08. The molecule has 6 heteroatoms. The van der Waals surface area contributed by atoms with Gasteiger partial charge >= 0.3 is 0 Å². The largest absolute Gasteiger partial charge is 0.309 e. The number of pyridine rings is 1. The Balaban J connectivity index is 1.72. The third kappa shape index (κ3) is 3.28. The number of nitrogens with one attached hydrogen (secondary N) is 1. The van der Waals surface area contributed by atoms with Crippen LogP contribution in [-0.2, 0) is 13.1 Å². The molecule has 0 fully saturated rings. The number of fused-ring (bicyclic) bond motifs is 1. The summed E-state index contributed by atoms with van der Waals surface area (Å²) in [6.45, 7) is 7.67. The Morgan fingerprint density at radius 2 is 2.00 bits per heavy atom. The molecule has 0 aliphatic carbocycles. The Kier molecular flexibility index (Phi) is 3.70. The van der Waals surface area contributed by atoms with Crippen molar-refractivity contribution in [3.8, 4) is 0 Å². The van der Waals surface area contributed by atoms with Crippen LogP contribution in [0.4, 0.5) is 0 Å². The van der Waals surface area contributed by atoms with E-state index in [0.717, 1.165) is 23.6 Å². The molecular formula is C15H20N6. The van der Waals surface area contributed by atoms with Crippen LogP contribution in [0.15, 0.2) is 30.7 Å². The van der Waals surface area contributed by atoms with Gasteiger partial charge in [0, 0.05) is 25.0 Å². The second kappa shape index (κ2) is 5.65. The number of rotatable bonds is 5. The number of imidazole rings is 1. The summed E-state index contributed by atoms with van der Waals surface area (Å²) < 4.78 is 3.87. The molecule has 0 spiro atoms. The van der Waals surface area contributed by atoms with Crippen molar-refractivity contribution >= 4 is 5.65 Å². The fourth-order valence-corrected chi connectivity index (χ4v) is 2.20. The van der Waals surface area contributed by atoms with Crippen LogP contribution < -0.4 is 5.32 Å². The van der Waals surface area contributed by atoms with Gasteiger partial charge in [-0.05, 0) is 18.6 Å². The molecule has 0 aliphatic rings. The molecule has 0 radical (unpaired) electrons. The summed E-state index contributed by atoms with van der Waals surface area (Å²) in [5, 5.41) is 11.7. The third-order valence-corrected chi connectivity index (χ3v) is 3.25. The minimum Gasteiger partial charge on any atom is -0.309 e. The average molecular weight is 284 g/mol. The molecule has 3 rings (SSSR count). The molecule has 21 heavy (non-hydrogen) atoms.